The summed E-state index contributed by atoms with van der Waals surface area (Å²) in [5.41, 5.74) is 3.10. The lowest BCUT2D eigenvalue weighted by Crippen LogP contribution is -2.34. The zero-order valence-corrected chi connectivity index (χ0v) is 12.8. The van der Waals surface area contributed by atoms with Gasteiger partial charge >= 0.3 is 0 Å². The molecule has 0 aliphatic heterocycles. The molecule has 2 aromatic rings. The van der Waals surface area contributed by atoms with E-state index in [4.69, 9.17) is 16.0 Å². The summed E-state index contributed by atoms with van der Waals surface area (Å²) < 4.78 is 5.04. The van der Waals surface area contributed by atoms with Crippen molar-refractivity contribution in [3.8, 4) is 0 Å². The smallest absolute Gasteiger partial charge is 0.259 e. The fourth-order valence-corrected chi connectivity index (χ4v) is 1.66. The number of halogens is 1. The molecule has 2 N–H and O–H groups in total. The van der Waals surface area contributed by atoms with Crippen LogP contribution in [0.4, 0.5) is 0 Å². The van der Waals surface area contributed by atoms with Crippen LogP contribution in [0.25, 0.3) is 6.08 Å². The van der Waals surface area contributed by atoms with E-state index in [9.17, 15) is 9.59 Å². The molecule has 0 aliphatic carbocycles. The van der Waals surface area contributed by atoms with Crippen LogP contribution in [-0.2, 0) is 9.59 Å². The molecule has 0 radical (unpaired) electrons. The van der Waals surface area contributed by atoms with Gasteiger partial charge in [-0.2, -0.15) is 5.10 Å². The fourth-order valence-electron chi connectivity index (χ4n) is 1.54. The molecule has 0 spiro atoms. The molecule has 1 heterocycles. The maximum Gasteiger partial charge on any atom is 0.259 e. The molecule has 1 aromatic heterocycles. The lowest BCUT2D eigenvalue weighted by Gasteiger charge is -2.00. The van der Waals surface area contributed by atoms with Gasteiger partial charge in [0.05, 0.1) is 19.0 Å². The molecule has 0 bridgehead atoms. The monoisotopic (exact) mass is 331 g/mol. The van der Waals surface area contributed by atoms with Crippen molar-refractivity contribution in [1.82, 2.24) is 10.7 Å². The zero-order chi connectivity index (χ0) is 16.5. The number of nitrogens with zero attached hydrogens (tertiary/aromatic N) is 1. The van der Waals surface area contributed by atoms with Gasteiger partial charge in [-0.25, -0.2) is 5.43 Å². The van der Waals surface area contributed by atoms with Crippen LogP contribution in [-0.4, -0.2) is 24.6 Å². The first-order valence-corrected chi connectivity index (χ1v) is 7.08. The summed E-state index contributed by atoms with van der Waals surface area (Å²) in [5.74, 6) is -0.287. The van der Waals surface area contributed by atoms with Crippen molar-refractivity contribution in [3.63, 3.8) is 0 Å². The zero-order valence-electron chi connectivity index (χ0n) is 12.0. The maximum absolute atomic E-state index is 11.5. The highest BCUT2D eigenvalue weighted by Gasteiger charge is 2.01. The summed E-state index contributed by atoms with van der Waals surface area (Å²) >= 11 is 5.76. The number of furan rings is 1. The first-order chi connectivity index (χ1) is 11.1. The van der Waals surface area contributed by atoms with E-state index in [-0.39, 0.29) is 6.54 Å². The van der Waals surface area contributed by atoms with Crippen LogP contribution >= 0.6 is 11.6 Å². The second-order valence-corrected chi connectivity index (χ2v) is 4.85. The number of hydrogen-bond acceptors (Lipinski definition) is 4. The summed E-state index contributed by atoms with van der Waals surface area (Å²) in [6.07, 6.45) is 5.77. The maximum atomic E-state index is 11.5. The standard InChI is InChI=1S/C16H14ClN3O3/c17-13-5-3-12(4-6-13)10-19-20-16(22)11-18-15(21)8-7-14-2-1-9-23-14/h1-10H,11H2,(H,18,21)(H,20,22). The van der Waals surface area contributed by atoms with Crippen molar-refractivity contribution >= 4 is 35.7 Å². The molecule has 23 heavy (non-hydrogen) atoms. The number of amides is 2. The molecule has 2 rings (SSSR count). The third-order valence-electron chi connectivity index (χ3n) is 2.64. The van der Waals surface area contributed by atoms with Crippen molar-refractivity contribution in [2.45, 2.75) is 0 Å². The lowest BCUT2D eigenvalue weighted by molar-refractivity contribution is -0.123. The van der Waals surface area contributed by atoms with Gasteiger partial charge in [0.25, 0.3) is 5.91 Å². The number of hydrogen-bond donors (Lipinski definition) is 2. The van der Waals surface area contributed by atoms with E-state index in [2.05, 4.69) is 15.8 Å². The number of carbonyl (C=O) groups is 2. The largest absolute Gasteiger partial charge is 0.465 e. The predicted octanol–water partition coefficient (Wildman–Crippen LogP) is 2.21. The van der Waals surface area contributed by atoms with E-state index < -0.39 is 11.8 Å². The Kier molecular flexibility index (Phi) is 6.14. The quantitative estimate of drug-likeness (QED) is 0.483. The Bertz CT molecular complexity index is 707. The van der Waals surface area contributed by atoms with Crippen LogP contribution < -0.4 is 10.7 Å². The highest BCUT2D eigenvalue weighted by Crippen LogP contribution is 2.07. The Hall–Kier alpha value is -2.86. The molecule has 0 saturated carbocycles. The van der Waals surface area contributed by atoms with E-state index in [1.54, 1.807) is 36.4 Å². The van der Waals surface area contributed by atoms with E-state index in [1.165, 1.54) is 24.6 Å². The summed E-state index contributed by atoms with van der Waals surface area (Å²) in [4.78, 5) is 23.0. The molecule has 0 atom stereocenters. The van der Waals surface area contributed by atoms with Crippen LogP contribution in [0.3, 0.4) is 0 Å². The molecule has 0 saturated heterocycles. The summed E-state index contributed by atoms with van der Waals surface area (Å²) in [5, 5.41) is 6.84. The average molecular weight is 332 g/mol. The average Bonchev–Trinajstić information content (AvgIpc) is 3.06. The van der Waals surface area contributed by atoms with Gasteiger partial charge in [-0.1, -0.05) is 23.7 Å². The summed E-state index contributed by atoms with van der Waals surface area (Å²) in [7, 11) is 0. The van der Waals surface area contributed by atoms with E-state index in [0.29, 0.717) is 10.8 Å². The molecular weight excluding hydrogens is 318 g/mol. The Morgan fingerprint density at radius 1 is 1.22 bits per heavy atom. The van der Waals surface area contributed by atoms with Crippen LogP contribution in [0.15, 0.2) is 58.3 Å². The number of carbonyl (C=O) groups excluding carboxylic acids is 2. The molecule has 2 amide bonds. The van der Waals surface area contributed by atoms with Gasteiger partial charge in [0.15, 0.2) is 0 Å². The molecule has 1 aromatic carbocycles. The van der Waals surface area contributed by atoms with E-state index in [1.807, 2.05) is 0 Å². The fraction of sp³-hybridized carbons (Fsp3) is 0.0625. The molecule has 118 valence electrons. The van der Waals surface area contributed by atoms with E-state index in [0.717, 1.165) is 5.56 Å². The van der Waals surface area contributed by atoms with Gasteiger partial charge in [0.2, 0.25) is 5.91 Å². The van der Waals surface area contributed by atoms with Gasteiger partial charge in [0.1, 0.15) is 5.76 Å². The van der Waals surface area contributed by atoms with Crippen molar-refractivity contribution in [2.75, 3.05) is 6.54 Å². The minimum atomic E-state index is -0.435. The van der Waals surface area contributed by atoms with Crippen LogP contribution in [0.2, 0.25) is 5.02 Å². The Morgan fingerprint density at radius 2 is 2.00 bits per heavy atom. The second-order valence-electron chi connectivity index (χ2n) is 4.41. The first-order valence-electron chi connectivity index (χ1n) is 6.70. The molecule has 6 nitrogen and oxygen atoms in total. The first kappa shape index (κ1) is 16.5. The normalized spacial score (nSPS) is 11.0. The number of hydrazone groups is 1. The van der Waals surface area contributed by atoms with Crippen molar-refractivity contribution < 1.29 is 14.0 Å². The number of rotatable bonds is 6. The van der Waals surface area contributed by atoms with Gasteiger partial charge < -0.3 is 9.73 Å². The number of nitrogens with one attached hydrogen (secondary N) is 2. The Labute approximate surface area is 137 Å². The Morgan fingerprint density at radius 3 is 2.70 bits per heavy atom. The SMILES string of the molecule is O=C(C=Cc1ccco1)NCC(=O)NN=Cc1ccc(Cl)cc1. The minimum Gasteiger partial charge on any atom is -0.465 e. The molecule has 7 heteroatoms. The topological polar surface area (TPSA) is 83.7 Å². The van der Waals surface area contributed by atoms with Gasteiger partial charge in [-0.05, 0) is 35.9 Å². The molecule has 0 fully saturated rings. The van der Waals surface area contributed by atoms with E-state index >= 15 is 0 Å². The highest BCUT2D eigenvalue weighted by molar-refractivity contribution is 6.30. The lowest BCUT2D eigenvalue weighted by atomic mass is 10.2. The van der Waals surface area contributed by atoms with Crippen LogP contribution in [0, 0.1) is 0 Å². The van der Waals surface area contributed by atoms with Crippen molar-refractivity contribution in [1.29, 1.82) is 0 Å². The highest BCUT2D eigenvalue weighted by atomic mass is 35.5. The third kappa shape index (κ3) is 6.19. The minimum absolute atomic E-state index is 0.181. The molecule has 0 unspecified atom stereocenters. The molecule has 0 aliphatic rings. The molecular formula is C16H14ClN3O3. The van der Waals surface area contributed by atoms with Crippen LogP contribution in [0.5, 0.6) is 0 Å². The van der Waals surface area contributed by atoms with Crippen LogP contribution in [0.1, 0.15) is 11.3 Å². The van der Waals surface area contributed by atoms with Crippen molar-refractivity contribution in [2.24, 2.45) is 5.10 Å². The van der Waals surface area contributed by atoms with Gasteiger partial charge in [-0.3, -0.25) is 9.59 Å². The number of benzene rings is 1. The van der Waals surface area contributed by atoms with Gasteiger partial charge in [0, 0.05) is 11.1 Å². The van der Waals surface area contributed by atoms with Crippen molar-refractivity contribution in [3.05, 3.63) is 65.1 Å². The second kappa shape index (κ2) is 8.55. The predicted molar refractivity (Wildman–Crippen MR) is 87.9 cm³/mol. The summed E-state index contributed by atoms with van der Waals surface area (Å²) in [6.45, 7) is -0.181. The third-order valence-corrected chi connectivity index (χ3v) is 2.89. The Balaban J connectivity index is 1.70. The van der Waals surface area contributed by atoms with Gasteiger partial charge in [-0.15, -0.1) is 0 Å². The summed E-state index contributed by atoms with van der Waals surface area (Å²) in [6, 6.07) is 10.4.